The molecule has 1 aromatic heterocycles. The summed E-state index contributed by atoms with van der Waals surface area (Å²) in [4.78, 5) is 12.8. The summed E-state index contributed by atoms with van der Waals surface area (Å²) in [6, 6.07) is 8.00. The van der Waals surface area contributed by atoms with Crippen LogP contribution in [-0.4, -0.2) is 20.7 Å². The summed E-state index contributed by atoms with van der Waals surface area (Å²) in [5.41, 5.74) is 3.18. The third-order valence-electron chi connectivity index (χ3n) is 6.23. The lowest BCUT2D eigenvalue weighted by atomic mass is 10.1. The largest absolute Gasteiger partial charge is 0.326 e. The fourth-order valence-electron chi connectivity index (χ4n) is 4.47. The summed E-state index contributed by atoms with van der Waals surface area (Å²) in [6.45, 7) is 9.50. The van der Waals surface area contributed by atoms with Crippen LogP contribution < -0.4 is 5.32 Å². The number of hydrogen-bond donors (Lipinski definition) is 1. The number of rotatable bonds is 4. The van der Waals surface area contributed by atoms with Crippen molar-refractivity contribution in [2.75, 3.05) is 5.32 Å². The molecule has 1 aliphatic heterocycles. The SMILES string of the molecule is CC(C)=CC1C(C(=O)Nc2ccc(-c3nnc4n3CCCCC4)cc2)C1(C)C. The van der Waals surface area contributed by atoms with Crippen LogP contribution >= 0.6 is 0 Å². The molecule has 1 saturated carbocycles. The molecule has 5 heteroatoms. The van der Waals surface area contributed by atoms with Crippen LogP contribution in [0.5, 0.6) is 0 Å². The predicted molar refractivity (Wildman–Crippen MR) is 112 cm³/mol. The Balaban J connectivity index is 1.47. The molecule has 2 heterocycles. The van der Waals surface area contributed by atoms with Gasteiger partial charge >= 0.3 is 0 Å². The molecule has 5 nitrogen and oxygen atoms in total. The number of nitrogens with zero attached hydrogens (tertiary/aromatic N) is 3. The van der Waals surface area contributed by atoms with Crippen LogP contribution in [0.25, 0.3) is 11.4 Å². The van der Waals surface area contributed by atoms with Gasteiger partial charge in [0.15, 0.2) is 5.82 Å². The average Bonchev–Trinajstić information content (AvgIpc) is 3.08. The van der Waals surface area contributed by atoms with Gasteiger partial charge in [0.05, 0.1) is 5.92 Å². The Hall–Kier alpha value is -2.43. The van der Waals surface area contributed by atoms with Gasteiger partial charge in [-0.1, -0.05) is 31.9 Å². The topological polar surface area (TPSA) is 59.8 Å². The van der Waals surface area contributed by atoms with E-state index in [4.69, 9.17) is 0 Å². The number of allylic oxidation sites excluding steroid dienone is 2. The molecule has 1 aliphatic carbocycles. The smallest absolute Gasteiger partial charge is 0.228 e. The van der Waals surface area contributed by atoms with E-state index in [1.54, 1.807) is 0 Å². The second-order valence-electron chi connectivity index (χ2n) is 9.04. The average molecular weight is 379 g/mol. The molecule has 2 unspecified atom stereocenters. The summed E-state index contributed by atoms with van der Waals surface area (Å²) < 4.78 is 2.25. The molecular weight excluding hydrogens is 348 g/mol. The van der Waals surface area contributed by atoms with Gasteiger partial charge < -0.3 is 9.88 Å². The number of carbonyl (C=O) groups excluding carboxylic acids is 1. The first-order chi connectivity index (χ1) is 13.4. The number of amides is 1. The van der Waals surface area contributed by atoms with Crippen LogP contribution in [0.15, 0.2) is 35.9 Å². The fourth-order valence-corrected chi connectivity index (χ4v) is 4.47. The third-order valence-corrected chi connectivity index (χ3v) is 6.23. The lowest BCUT2D eigenvalue weighted by Crippen LogP contribution is -2.16. The van der Waals surface area contributed by atoms with Gasteiger partial charge in [-0.3, -0.25) is 4.79 Å². The molecule has 1 fully saturated rings. The van der Waals surface area contributed by atoms with Gasteiger partial charge in [-0.2, -0.15) is 0 Å². The summed E-state index contributed by atoms with van der Waals surface area (Å²) in [7, 11) is 0. The van der Waals surface area contributed by atoms with Crippen LogP contribution in [0.3, 0.4) is 0 Å². The summed E-state index contributed by atoms with van der Waals surface area (Å²) >= 11 is 0. The van der Waals surface area contributed by atoms with Crippen molar-refractivity contribution in [2.45, 2.75) is 59.9 Å². The van der Waals surface area contributed by atoms with Gasteiger partial charge in [-0.15, -0.1) is 10.2 Å². The highest BCUT2D eigenvalue weighted by Crippen LogP contribution is 2.59. The Kier molecular flexibility index (Phi) is 4.86. The number of carbonyl (C=O) groups is 1. The number of aromatic nitrogens is 3. The minimum absolute atomic E-state index is 0.0282. The zero-order valence-electron chi connectivity index (χ0n) is 17.3. The number of fused-ring (bicyclic) bond motifs is 1. The fraction of sp³-hybridized carbons (Fsp3) is 0.522. The first-order valence-corrected chi connectivity index (χ1v) is 10.4. The predicted octanol–water partition coefficient (Wildman–Crippen LogP) is 4.85. The van der Waals surface area contributed by atoms with Crippen molar-refractivity contribution < 1.29 is 4.79 Å². The van der Waals surface area contributed by atoms with Gasteiger partial charge in [-0.25, -0.2) is 0 Å². The van der Waals surface area contributed by atoms with E-state index in [-0.39, 0.29) is 17.2 Å². The maximum absolute atomic E-state index is 12.8. The van der Waals surface area contributed by atoms with Crippen molar-refractivity contribution in [1.29, 1.82) is 0 Å². The molecule has 4 rings (SSSR count). The molecule has 0 saturated heterocycles. The lowest BCUT2D eigenvalue weighted by Gasteiger charge is -2.09. The highest BCUT2D eigenvalue weighted by Gasteiger charge is 2.60. The Morgan fingerprint density at radius 3 is 2.61 bits per heavy atom. The number of anilines is 1. The maximum Gasteiger partial charge on any atom is 0.228 e. The van der Waals surface area contributed by atoms with E-state index in [2.05, 4.69) is 53.9 Å². The summed E-state index contributed by atoms with van der Waals surface area (Å²) in [6.07, 6.45) is 6.85. The van der Waals surface area contributed by atoms with Crippen LogP contribution in [0.1, 0.15) is 52.8 Å². The van der Waals surface area contributed by atoms with Gasteiger partial charge in [0.1, 0.15) is 5.82 Å². The zero-order valence-corrected chi connectivity index (χ0v) is 17.3. The first kappa shape index (κ1) is 18.9. The van der Waals surface area contributed by atoms with E-state index >= 15 is 0 Å². The van der Waals surface area contributed by atoms with E-state index in [9.17, 15) is 4.79 Å². The molecule has 1 N–H and O–H groups in total. The normalized spacial score (nSPS) is 22.7. The minimum Gasteiger partial charge on any atom is -0.326 e. The quantitative estimate of drug-likeness (QED) is 0.774. The standard InChI is InChI=1S/C23H30N4O/c1-15(2)14-18-20(23(18,3)4)22(28)24-17-11-9-16(10-12-17)21-26-25-19-8-6-5-7-13-27(19)21/h9-12,14,18,20H,5-8,13H2,1-4H3,(H,24,28). The Labute approximate surface area is 167 Å². The van der Waals surface area contributed by atoms with Crippen LogP contribution in [0, 0.1) is 17.3 Å². The van der Waals surface area contributed by atoms with Crippen molar-refractivity contribution in [2.24, 2.45) is 17.3 Å². The van der Waals surface area contributed by atoms with Gasteiger partial charge in [0.2, 0.25) is 5.91 Å². The van der Waals surface area contributed by atoms with Crippen molar-refractivity contribution in [1.82, 2.24) is 14.8 Å². The van der Waals surface area contributed by atoms with Crippen molar-refractivity contribution in [3.63, 3.8) is 0 Å². The highest BCUT2D eigenvalue weighted by atomic mass is 16.2. The number of hydrogen-bond acceptors (Lipinski definition) is 3. The molecule has 2 aromatic rings. The van der Waals surface area contributed by atoms with Crippen molar-refractivity contribution in [3.05, 3.63) is 41.7 Å². The van der Waals surface area contributed by atoms with E-state index in [1.807, 2.05) is 24.3 Å². The number of aryl methyl sites for hydroxylation is 1. The van der Waals surface area contributed by atoms with E-state index in [0.717, 1.165) is 35.9 Å². The van der Waals surface area contributed by atoms with E-state index in [0.29, 0.717) is 5.92 Å². The van der Waals surface area contributed by atoms with Crippen LogP contribution in [-0.2, 0) is 17.8 Å². The molecular formula is C23H30N4O. The molecule has 1 aromatic carbocycles. The van der Waals surface area contributed by atoms with E-state index in [1.165, 1.54) is 24.8 Å². The van der Waals surface area contributed by atoms with Gasteiger partial charge in [-0.05, 0) is 62.3 Å². The second-order valence-corrected chi connectivity index (χ2v) is 9.04. The number of nitrogens with one attached hydrogen (secondary N) is 1. The van der Waals surface area contributed by atoms with Gasteiger partial charge in [0.25, 0.3) is 0 Å². The Bertz CT molecular complexity index is 903. The molecule has 2 atom stereocenters. The van der Waals surface area contributed by atoms with Crippen molar-refractivity contribution >= 4 is 11.6 Å². The van der Waals surface area contributed by atoms with Crippen LogP contribution in [0.4, 0.5) is 5.69 Å². The first-order valence-electron chi connectivity index (χ1n) is 10.4. The van der Waals surface area contributed by atoms with Gasteiger partial charge in [0, 0.05) is 24.2 Å². The van der Waals surface area contributed by atoms with E-state index < -0.39 is 0 Å². The molecule has 1 amide bonds. The molecule has 0 bridgehead atoms. The Morgan fingerprint density at radius 2 is 1.89 bits per heavy atom. The molecule has 0 spiro atoms. The van der Waals surface area contributed by atoms with Crippen LogP contribution in [0.2, 0.25) is 0 Å². The molecule has 148 valence electrons. The molecule has 28 heavy (non-hydrogen) atoms. The Morgan fingerprint density at radius 1 is 1.14 bits per heavy atom. The lowest BCUT2D eigenvalue weighted by molar-refractivity contribution is -0.118. The molecule has 0 radical (unpaired) electrons. The monoisotopic (exact) mass is 378 g/mol. The second kappa shape index (κ2) is 7.19. The maximum atomic E-state index is 12.8. The summed E-state index contributed by atoms with van der Waals surface area (Å²) in [5.74, 6) is 2.49. The zero-order chi connectivity index (χ0) is 19.9. The third kappa shape index (κ3) is 3.50. The molecule has 2 aliphatic rings. The summed E-state index contributed by atoms with van der Waals surface area (Å²) in [5, 5.41) is 11.9. The van der Waals surface area contributed by atoms with Crippen molar-refractivity contribution in [3.8, 4) is 11.4 Å². The number of benzene rings is 1. The highest BCUT2D eigenvalue weighted by molar-refractivity contribution is 5.96. The minimum atomic E-state index is 0.0282.